The van der Waals surface area contributed by atoms with Gasteiger partial charge in [-0.25, -0.2) is 4.98 Å². The van der Waals surface area contributed by atoms with Gasteiger partial charge in [0.25, 0.3) is 0 Å². The van der Waals surface area contributed by atoms with Crippen LogP contribution in [0, 0.1) is 5.92 Å². The minimum atomic E-state index is -1.02. The van der Waals surface area contributed by atoms with Crippen LogP contribution in [-0.4, -0.2) is 77.1 Å². The number of carbonyl (C=O) groups is 5. The zero-order chi connectivity index (χ0) is 30.2. The molecule has 0 aliphatic heterocycles. The first-order valence-electron chi connectivity index (χ1n) is 13.8. The molecule has 0 unspecified atom stereocenters. The molecule has 0 saturated heterocycles. The van der Waals surface area contributed by atoms with Gasteiger partial charge in [0.05, 0.1) is 18.9 Å². The van der Waals surface area contributed by atoms with Gasteiger partial charge in [0.2, 0.25) is 23.6 Å². The second kappa shape index (κ2) is 17.6. The number of aldehydes is 1. The van der Waals surface area contributed by atoms with Crippen molar-refractivity contribution in [2.24, 2.45) is 17.4 Å². The van der Waals surface area contributed by atoms with Gasteiger partial charge in [-0.3, -0.25) is 19.2 Å². The summed E-state index contributed by atoms with van der Waals surface area (Å²) < 4.78 is 0. The van der Waals surface area contributed by atoms with Crippen LogP contribution in [-0.2, 0) is 36.8 Å². The Morgan fingerprint density at radius 1 is 0.902 bits per heavy atom. The zero-order valence-corrected chi connectivity index (χ0v) is 23.6. The Morgan fingerprint density at radius 3 is 2.20 bits per heavy atom. The number of rotatable bonds is 18. The molecule has 2 aromatic rings. The number of unbranched alkanes of at least 4 members (excludes halogenated alkanes) is 1. The second-order valence-electron chi connectivity index (χ2n) is 10.1. The summed E-state index contributed by atoms with van der Waals surface area (Å²) in [5.41, 5.74) is 12.5. The number of benzene rings is 1. The van der Waals surface area contributed by atoms with E-state index in [2.05, 4.69) is 31.2 Å². The predicted octanol–water partition coefficient (Wildman–Crippen LogP) is -0.923. The van der Waals surface area contributed by atoms with Crippen LogP contribution in [0.15, 0.2) is 42.9 Å². The quantitative estimate of drug-likeness (QED) is 0.0876. The van der Waals surface area contributed by atoms with Crippen LogP contribution < -0.4 is 32.7 Å². The zero-order valence-electron chi connectivity index (χ0n) is 23.6. The van der Waals surface area contributed by atoms with Crippen LogP contribution in [0.2, 0.25) is 0 Å². The molecule has 0 saturated carbocycles. The smallest absolute Gasteiger partial charge is 0.243 e. The monoisotopic (exact) mass is 570 g/mol. The lowest BCUT2D eigenvalue weighted by Crippen LogP contribution is -2.59. The molecule has 0 radical (unpaired) electrons. The molecule has 13 nitrogen and oxygen atoms in total. The number of nitrogens with one attached hydrogen (secondary N) is 5. The fourth-order valence-electron chi connectivity index (χ4n) is 4.18. The van der Waals surface area contributed by atoms with Crippen LogP contribution in [0.5, 0.6) is 0 Å². The minimum Gasteiger partial charge on any atom is -0.348 e. The third kappa shape index (κ3) is 11.5. The summed E-state index contributed by atoms with van der Waals surface area (Å²) in [5.74, 6) is -2.53. The Bertz CT molecular complexity index is 1110. The lowest BCUT2D eigenvalue weighted by Gasteiger charge is -2.27. The fourth-order valence-corrected chi connectivity index (χ4v) is 4.18. The van der Waals surface area contributed by atoms with Crippen molar-refractivity contribution in [3.8, 4) is 0 Å². The molecule has 0 aliphatic rings. The van der Waals surface area contributed by atoms with Gasteiger partial charge < -0.3 is 42.5 Å². The highest BCUT2D eigenvalue weighted by Gasteiger charge is 2.31. The molecule has 9 N–H and O–H groups in total. The summed E-state index contributed by atoms with van der Waals surface area (Å²) in [7, 11) is 0. The topological polar surface area (TPSA) is 214 Å². The molecule has 13 heteroatoms. The van der Waals surface area contributed by atoms with Crippen LogP contribution in [0.25, 0.3) is 0 Å². The Labute approximate surface area is 240 Å². The molecular formula is C28H42N8O5. The van der Waals surface area contributed by atoms with Crippen molar-refractivity contribution in [2.45, 2.75) is 70.1 Å². The van der Waals surface area contributed by atoms with Gasteiger partial charge in [-0.15, -0.1) is 0 Å². The predicted molar refractivity (Wildman–Crippen MR) is 153 cm³/mol. The third-order valence-electron chi connectivity index (χ3n) is 6.43. The third-order valence-corrected chi connectivity index (χ3v) is 6.43. The summed E-state index contributed by atoms with van der Waals surface area (Å²) in [6.07, 6.45) is 5.46. The van der Waals surface area contributed by atoms with E-state index in [-0.39, 0.29) is 25.3 Å². The summed E-state index contributed by atoms with van der Waals surface area (Å²) in [5, 5.41) is 10.7. The first kappa shape index (κ1) is 33.1. The Morgan fingerprint density at radius 2 is 1.61 bits per heavy atom. The summed E-state index contributed by atoms with van der Waals surface area (Å²) in [6.45, 7) is 3.62. The van der Waals surface area contributed by atoms with Crippen molar-refractivity contribution in [3.05, 3.63) is 54.1 Å². The van der Waals surface area contributed by atoms with Gasteiger partial charge in [0.15, 0.2) is 0 Å². The molecule has 0 spiro atoms. The van der Waals surface area contributed by atoms with Crippen LogP contribution in [0.4, 0.5) is 0 Å². The molecule has 1 aromatic heterocycles. The van der Waals surface area contributed by atoms with Crippen molar-refractivity contribution >= 4 is 29.9 Å². The summed E-state index contributed by atoms with van der Waals surface area (Å²) in [6, 6.07) is 5.48. The largest absolute Gasteiger partial charge is 0.348 e. The van der Waals surface area contributed by atoms with Crippen molar-refractivity contribution in [2.75, 3.05) is 13.1 Å². The van der Waals surface area contributed by atoms with E-state index in [1.54, 1.807) is 13.8 Å². The Hall–Kier alpha value is -4.10. The van der Waals surface area contributed by atoms with E-state index in [4.69, 9.17) is 11.5 Å². The van der Waals surface area contributed by atoms with Crippen LogP contribution >= 0.6 is 0 Å². The lowest BCUT2D eigenvalue weighted by molar-refractivity contribution is -0.134. The maximum atomic E-state index is 13.4. The molecule has 41 heavy (non-hydrogen) atoms. The van der Waals surface area contributed by atoms with Gasteiger partial charge in [-0.2, -0.15) is 0 Å². The molecule has 1 heterocycles. The number of nitrogens with two attached hydrogens (primary N) is 2. The number of aromatic nitrogens is 2. The average molecular weight is 571 g/mol. The highest BCUT2D eigenvalue weighted by molar-refractivity contribution is 5.95. The van der Waals surface area contributed by atoms with Crippen LogP contribution in [0.1, 0.15) is 44.4 Å². The SMILES string of the molecule is CC(C)[C@H](NC(=O)[C@H](CCCCN)NC(=O)[C@H](Cc1cnc[nH]1)NC(=O)CN)C(=O)N[C@H](C=O)Cc1ccccc1. The number of H-pyrrole nitrogens is 1. The fraction of sp³-hybridized carbons (Fsp3) is 0.500. The molecular weight excluding hydrogens is 528 g/mol. The van der Waals surface area contributed by atoms with Gasteiger partial charge in [-0.1, -0.05) is 44.2 Å². The van der Waals surface area contributed by atoms with Gasteiger partial charge in [0.1, 0.15) is 24.4 Å². The lowest BCUT2D eigenvalue weighted by atomic mass is 10.00. The number of hydrogen-bond donors (Lipinski definition) is 7. The number of nitrogens with zero attached hydrogens (tertiary/aromatic N) is 1. The van der Waals surface area contributed by atoms with E-state index < -0.39 is 47.8 Å². The van der Waals surface area contributed by atoms with Crippen LogP contribution in [0.3, 0.4) is 0 Å². The van der Waals surface area contributed by atoms with Crippen molar-refractivity contribution < 1.29 is 24.0 Å². The highest BCUT2D eigenvalue weighted by Crippen LogP contribution is 2.09. The molecule has 0 aliphatic carbocycles. The number of hydrogen-bond acceptors (Lipinski definition) is 8. The first-order chi connectivity index (χ1) is 19.7. The minimum absolute atomic E-state index is 0.0975. The molecule has 224 valence electrons. The summed E-state index contributed by atoms with van der Waals surface area (Å²) in [4.78, 5) is 70.4. The molecule has 0 bridgehead atoms. The molecule has 0 fully saturated rings. The standard InChI is InChI=1S/C28H42N8O5/c1-18(2)25(28(41)33-21(16-37)12-19-8-4-3-5-9-19)36-26(39)22(10-6-7-11-29)35-27(40)23(34-24(38)14-30)13-20-15-31-17-32-20/h3-5,8-9,15-18,21-23,25H,6-7,10-14,29-30H2,1-2H3,(H,31,32)(H,33,41)(H,34,38)(H,35,40)(H,36,39)/t21-,22-,23-,25-/m0/s1. The second-order valence-corrected chi connectivity index (χ2v) is 10.1. The van der Waals surface area contributed by atoms with E-state index in [9.17, 15) is 24.0 Å². The van der Waals surface area contributed by atoms with E-state index in [0.29, 0.717) is 37.8 Å². The van der Waals surface area contributed by atoms with Gasteiger partial charge >= 0.3 is 0 Å². The Balaban J connectivity index is 2.15. The number of imidazole rings is 1. The van der Waals surface area contributed by atoms with Crippen molar-refractivity contribution in [1.29, 1.82) is 0 Å². The first-order valence-corrected chi connectivity index (χ1v) is 13.8. The number of aromatic amines is 1. The van der Waals surface area contributed by atoms with Gasteiger partial charge in [0, 0.05) is 18.3 Å². The number of amides is 4. The maximum Gasteiger partial charge on any atom is 0.243 e. The van der Waals surface area contributed by atoms with E-state index in [0.717, 1.165) is 5.56 Å². The summed E-state index contributed by atoms with van der Waals surface area (Å²) >= 11 is 0. The number of carbonyl (C=O) groups excluding carboxylic acids is 5. The molecule has 2 rings (SSSR count). The normalized spacial score (nSPS) is 13.9. The van der Waals surface area contributed by atoms with E-state index in [1.807, 2.05) is 30.3 Å². The van der Waals surface area contributed by atoms with Crippen molar-refractivity contribution in [3.63, 3.8) is 0 Å². The molecule has 4 amide bonds. The average Bonchev–Trinajstić information content (AvgIpc) is 3.47. The van der Waals surface area contributed by atoms with E-state index in [1.165, 1.54) is 12.5 Å². The van der Waals surface area contributed by atoms with Gasteiger partial charge in [-0.05, 0) is 43.7 Å². The van der Waals surface area contributed by atoms with Crippen molar-refractivity contribution in [1.82, 2.24) is 31.2 Å². The molecule has 4 atom stereocenters. The maximum absolute atomic E-state index is 13.4. The van der Waals surface area contributed by atoms with E-state index >= 15 is 0 Å². The molecule has 1 aromatic carbocycles. The highest BCUT2D eigenvalue weighted by atomic mass is 16.2. The Kier molecular flexibility index (Phi) is 14.2.